The van der Waals surface area contributed by atoms with Crippen molar-refractivity contribution in [2.24, 2.45) is 0 Å². The standard InChI is InChI=1S/C10H20BrNO2S/c11-8-4-1-5-9-12-15(13,14)10-6-2-3-7-10/h10,12H,1-9H2. The SMILES string of the molecule is O=S(=O)(NCCCCCBr)C1CCCC1. The van der Waals surface area contributed by atoms with E-state index >= 15 is 0 Å². The lowest BCUT2D eigenvalue weighted by molar-refractivity contribution is 0.560. The van der Waals surface area contributed by atoms with Crippen LogP contribution in [0.2, 0.25) is 0 Å². The molecule has 0 amide bonds. The van der Waals surface area contributed by atoms with Gasteiger partial charge in [-0.05, 0) is 25.7 Å². The van der Waals surface area contributed by atoms with E-state index < -0.39 is 10.0 Å². The van der Waals surface area contributed by atoms with Gasteiger partial charge in [0, 0.05) is 11.9 Å². The number of halogens is 1. The molecule has 0 aliphatic heterocycles. The zero-order chi connectivity index (χ0) is 11.1. The molecule has 1 N–H and O–H groups in total. The van der Waals surface area contributed by atoms with Crippen LogP contribution in [0.25, 0.3) is 0 Å². The van der Waals surface area contributed by atoms with Gasteiger partial charge >= 0.3 is 0 Å². The maximum atomic E-state index is 11.7. The zero-order valence-corrected chi connectivity index (χ0v) is 11.4. The summed E-state index contributed by atoms with van der Waals surface area (Å²) in [5.41, 5.74) is 0. The number of hydrogen-bond acceptors (Lipinski definition) is 2. The summed E-state index contributed by atoms with van der Waals surface area (Å²) in [6, 6.07) is 0. The second kappa shape index (κ2) is 6.86. The Balaban J connectivity index is 2.18. The Labute approximate surface area is 101 Å². The van der Waals surface area contributed by atoms with Crippen molar-refractivity contribution in [1.29, 1.82) is 0 Å². The van der Waals surface area contributed by atoms with Gasteiger partial charge in [0.05, 0.1) is 5.25 Å². The average molecular weight is 298 g/mol. The summed E-state index contributed by atoms with van der Waals surface area (Å²) < 4.78 is 26.2. The van der Waals surface area contributed by atoms with Crippen LogP contribution in [0.3, 0.4) is 0 Å². The summed E-state index contributed by atoms with van der Waals surface area (Å²) in [6.07, 6.45) is 6.96. The molecule has 0 bridgehead atoms. The summed E-state index contributed by atoms with van der Waals surface area (Å²) in [5.74, 6) is 0. The average Bonchev–Trinajstić information content (AvgIpc) is 2.70. The third kappa shape index (κ3) is 4.83. The first-order valence-corrected chi connectivity index (χ1v) is 8.38. The van der Waals surface area contributed by atoms with Gasteiger partial charge < -0.3 is 0 Å². The Bertz CT molecular complexity index is 261. The van der Waals surface area contributed by atoms with Gasteiger partial charge in [-0.2, -0.15) is 0 Å². The first kappa shape index (κ1) is 13.5. The Morgan fingerprint density at radius 1 is 1.13 bits per heavy atom. The van der Waals surface area contributed by atoms with Crippen molar-refractivity contribution in [3.63, 3.8) is 0 Å². The van der Waals surface area contributed by atoms with Gasteiger partial charge in [-0.15, -0.1) is 0 Å². The van der Waals surface area contributed by atoms with Crippen molar-refractivity contribution in [3.8, 4) is 0 Å². The van der Waals surface area contributed by atoms with E-state index in [0.717, 1.165) is 50.3 Å². The van der Waals surface area contributed by atoms with Crippen LogP contribution in [0, 0.1) is 0 Å². The maximum Gasteiger partial charge on any atom is 0.214 e. The predicted molar refractivity (Wildman–Crippen MR) is 66.8 cm³/mol. The van der Waals surface area contributed by atoms with Gasteiger partial charge in [-0.3, -0.25) is 0 Å². The quantitative estimate of drug-likeness (QED) is 0.579. The van der Waals surface area contributed by atoms with Crippen molar-refractivity contribution < 1.29 is 8.42 Å². The molecule has 1 rings (SSSR count). The number of hydrogen-bond donors (Lipinski definition) is 1. The summed E-state index contributed by atoms with van der Waals surface area (Å²) in [6.45, 7) is 0.603. The second-order valence-corrected chi connectivity index (χ2v) is 6.93. The highest BCUT2D eigenvalue weighted by molar-refractivity contribution is 9.09. The van der Waals surface area contributed by atoms with Crippen LogP contribution in [0.5, 0.6) is 0 Å². The summed E-state index contributed by atoms with van der Waals surface area (Å²) in [4.78, 5) is 0. The molecule has 0 heterocycles. The van der Waals surface area contributed by atoms with Crippen LogP contribution in [-0.4, -0.2) is 25.5 Å². The minimum atomic E-state index is -3.01. The fraction of sp³-hybridized carbons (Fsp3) is 1.00. The molecule has 0 unspecified atom stereocenters. The first-order chi connectivity index (χ1) is 7.17. The molecule has 0 spiro atoms. The van der Waals surface area contributed by atoms with Gasteiger partial charge in [0.1, 0.15) is 0 Å². The molecule has 0 aromatic heterocycles. The summed E-state index contributed by atoms with van der Waals surface area (Å²) >= 11 is 3.36. The molecular formula is C10H20BrNO2S. The van der Waals surface area contributed by atoms with E-state index in [1.807, 2.05) is 0 Å². The van der Waals surface area contributed by atoms with Crippen molar-refractivity contribution in [2.75, 3.05) is 11.9 Å². The Morgan fingerprint density at radius 2 is 1.80 bits per heavy atom. The lowest BCUT2D eigenvalue weighted by atomic mass is 10.3. The molecule has 0 radical (unpaired) electrons. The van der Waals surface area contributed by atoms with E-state index in [0.29, 0.717) is 6.54 Å². The van der Waals surface area contributed by atoms with Crippen molar-refractivity contribution in [3.05, 3.63) is 0 Å². The first-order valence-electron chi connectivity index (χ1n) is 5.71. The van der Waals surface area contributed by atoms with Gasteiger partial charge in [-0.1, -0.05) is 35.2 Å². The van der Waals surface area contributed by atoms with Crippen LogP contribution < -0.4 is 4.72 Å². The third-order valence-electron chi connectivity index (χ3n) is 2.85. The normalized spacial score (nSPS) is 18.5. The van der Waals surface area contributed by atoms with Crippen LogP contribution in [0.15, 0.2) is 0 Å². The summed E-state index contributed by atoms with van der Waals surface area (Å²) in [7, 11) is -3.01. The molecule has 1 aliphatic rings. The van der Waals surface area contributed by atoms with Crippen LogP contribution in [0.1, 0.15) is 44.9 Å². The summed E-state index contributed by atoms with van der Waals surface area (Å²) in [5, 5.41) is 0.885. The van der Waals surface area contributed by atoms with E-state index in [1.54, 1.807) is 0 Å². The number of unbranched alkanes of at least 4 members (excludes halogenated alkanes) is 2. The largest absolute Gasteiger partial charge is 0.215 e. The van der Waals surface area contributed by atoms with Gasteiger partial charge in [0.25, 0.3) is 0 Å². The van der Waals surface area contributed by atoms with E-state index in [1.165, 1.54) is 0 Å². The van der Waals surface area contributed by atoms with Crippen LogP contribution >= 0.6 is 15.9 Å². The van der Waals surface area contributed by atoms with E-state index in [4.69, 9.17) is 0 Å². The van der Waals surface area contributed by atoms with Crippen molar-refractivity contribution in [2.45, 2.75) is 50.2 Å². The highest BCUT2D eigenvalue weighted by atomic mass is 79.9. The van der Waals surface area contributed by atoms with Crippen molar-refractivity contribution >= 4 is 26.0 Å². The molecule has 0 saturated heterocycles. The number of sulfonamides is 1. The van der Waals surface area contributed by atoms with Crippen LogP contribution in [0.4, 0.5) is 0 Å². The monoisotopic (exact) mass is 297 g/mol. The minimum Gasteiger partial charge on any atom is -0.215 e. The third-order valence-corrected chi connectivity index (χ3v) is 5.37. The van der Waals surface area contributed by atoms with Crippen LogP contribution in [-0.2, 0) is 10.0 Å². The second-order valence-electron chi connectivity index (χ2n) is 4.10. The molecule has 5 heteroatoms. The number of nitrogens with one attached hydrogen (secondary N) is 1. The topological polar surface area (TPSA) is 46.2 Å². The Kier molecular flexibility index (Phi) is 6.16. The highest BCUT2D eigenvalue weighted by Gasteiger charge is 2.27. The molecule has 15 heavy (non-hydrogen) atoms. The molecule has 3 nitrogen and oxygen atoms in total. The molecule has 0 aromatic carbocycles. The molecule has 0 aromatic rings. The lowest BCUT2D eigenvalue weighted by Crippen LogP contribution is -2.33. The molecule has 90 valence electrons. The van der Waals surface area contributed by atoms with Gasteiger partial charge in [0.2, 0.25) is 10.0 Å². The Hall–Kier alpha value is 0.390. The zero-order valence-electron chi connectivity index (χ0n) is 9.04. The molecule has 1 saturated carbocycles. The molecule has 1 fully saturated rings. The van der Waals surface area contributed by atoms with E-state index in [2.05, 4.69) is 20.7 Å². The number of rotatable bonds is 7. The number of alkyl halides is 1. The lowest BCUT2D eigenvalue weighted by Gasteiger charge is -2.11. The molecular weight excluding hydrogens is 278 g/mol. The Morgan fingerprint density at radius 3 is 2.40 bits per heavy atom. The fourth-order valence-electron chi connectivity index (χ4n) is 1.93. The van der Waals surface area contributed by atoms with Gasteiger partial charge in [0.15, 0.2) is 0 Å². The predicted octanol–water partition coefficient (Wildman–Crippen LogP) is 2.41. The van der Waals surface area contributed by atoms with Crippen molar-refractivity contribution in [1.82, 2.24) is 4.72 Å². The minimum absolute atomic E-state index is 0.117. The van der Waals surface area contributed by atoms with E-state index in [-0.39, 0.29) is 5.25 Å². The molecule has 0 atom stereocenters. The maximum absolute atomic E-state index is 11.7. The fourth-order valence-corrected chi connectivity index (χ4v) is 3.94. The smallest absolute Gasteiger partial charge is 0.214 e. The molecule has 1 aliphatic carbocycles. The highest BCUT2D eigenvalue weighted by Crippen LogP contribution is 2.23. The van der Waals surface area contributed by atoms with Gasteiger partial charge in [-0.25, -0.2) is 13.1 Å². The van der Waals surface area contributed by atoms with E-state index in [9.17, 15) is 8.42 Å².